The van der Waals surface area contributed by atoms with E-state index in [1.165, 1.54) is 11.1 Å². The first-order valence-electron chi connectivity index (χ1n) is 14.4. The number of carbonyl (C=O) groups excluding carboxylic acids is 3. The Hall–Kier alpha value is -2.99. The monoisotopic (exact) mass is 517 g/mol. The number of rotatable bonds is 10. The Kier molecular flexibility index (Phi) is 9.73. The fourth-order valence-corrected chi connectivity index (χ4v) is 5.79. The van der Waals surface area contributed by atoms with Crippen LogP contribution in [0.3, 0.4) is 0 Å². The highest BCUT2D eigenvalue weighted by atomic mass is 16.2. The number of hydrogen-bond acceptors (Lipinski definition) is 4. The molecule has 4 rings (SSSR count). The molecule has 6 heteroatoms. The first-order valence-corrected chi connectivity index (χ1v) is 14.4. The number of benzene rings is 2. The zero-order valence-electron chi connectivity index (χ0n) is 23.0. The fourth-order valence-electron chi connectivity index (χ4n) is 5.79. The first-order chi connectivity index (χ1) is 18.4. The SMILES string of the molecule is CC(C)CC[C@H](NC(=O)C1(NC(=O)c2ccccc2)CCCCC1)C(=O)CN1CCCc2ccccc2C1. The molecule has 2 aliphatic rings. The normalized spacial score (nSPS) is 18.2. The third-order valence-electron chi connectivity index (χ3n) is 8.07. The molecule has 204 valence electrons. The summed E-state index contributed by atoms with van der Waals surface area (Å²) in [7, 11) is 0. The van der Waals surface area contributed by atoms with Crippen LogP contribution >= 0.6 is 0 Å². The van der Waals surface area contributed by atoms with E-state index in [4.69, 9.17) is 0 Å². The Balaban J connectivity index is 1.48. The van der Waals surface area contributed by atoms with Crippen molar-refractivity contribution in [2.45, 2.75) is 89.8 Å². The second-order valence-electron chi connectivity index (χ2n) is 11.5. The maximum Gasteiger partial charge on any atom is 0.252 e. The van der Waals surface area contributed by atoms with Crippen LogP contribution in [0.5, 0.6) is 0 Å². The number of amides is 2. The molecule has 1 atom stereocenters. The van der Waals surface area contributed by atoms with Crippen LogP contribution in [0.25, 0.3) is 0 Å². The van der Waals surface area contributed by atoms with Gasteiger partial charge in [0.05, 0.1) is 12.6 Å². The molecule has 38 heavy (non-hydrogen) atoms. The van der Waals surface area contributed by atoms with Gasteiger partial charge in [0, 0.05) is 12.1 Å². The summed E-state index contributed by atoms with van der Waals surface area (Å²) in [6, 6.07) is 16.9. The van der Waals surface area contributed by atoms with Gasteiger partial charge >= 0.3 is 0 Å². The molecule has 0 saturated heterocycles. The van der Waals surface area contributed by atoms with E-state index in [0.717, 1.165) is 51.6 Å². The number of fused-ring (bicyclic) bond motifs is 1. The van der Waals surface area contributed by atoms with Gasteiger partial charge in [-0.05, 0) is 74.2 Å². The maximum atomic E-state index is 13.9. The van der Waals surface area contributed by atoms with Crippen molar-refractivity contribution < 1.29 is 14.4 Å². The molecule has 1 fully saturated rings. The van der Waals surface area contributed by atoms with Crippen LogP contribution in [-0.4, -0.2) is 47.2 Å². The van der Waals surface area contributed by atoms with E-state index >= 15 is 0 Å². The predicted octanol–water partition coefficient (Wildman–Crippen LogP) is 5.06. The lowest BCUT2D eigenvalue weighted by Gasteiger charge is -2.38. The number of carbonyl (C=O) groups is 3. The molecule has 1 aliphatic carbocycles. The smallest absolute Gasteiger partial charge is 0.252 e. The Bertz CT molecular complexity index is 1090. The minimum absolute atomic E-state index is 0.0544. The molecule has 0 radical (unpaired) electrons. The number of Topliss-reactive ketones (excluding diaryl/α,β-unsaturated/α-hetero) is 1. The van der Waals surface area contributed by atoms with Gasteiger partial charge in [0.1, 0.15) is 5.54 Å². The Morgan fingerprint density at radius 2 is 1.55 bits per heavy atom. The van der Waals surface area contributed by atoms with Crippen molar-refractivity contribution >= 4 is 17.6 Å². The minimum atomic E-state index is -0.983. The molecule has 2 aromatic rings. The molecule has 0 spiro atoms. The number of nitrogens with one attached hydrogen (secondary N) is 2. The highest BCUT2D eigenvalue weighted by molar-refractivity contribution is 6.00. The van der Waals surface area contributed by atoms with E-state index in [1.807, 2.05) is 18.2 Å². The average Bonchev–Trinajstić information content (AvgIpc) is 3.13. The van der Waals surface area contributed by atoms with Crippen LogP contribution in [0.4, 0.5) is 0 Å². The molecule has 0 bridgehead atoms. The lowest BCUT2D eigenvalue weighted by molar-refractivity contribution is -0.133. The van der Waals surface area contributed by atoms with Gasteiger partial charge in [0.2, 0.25) is 5.91 Å². The average molecular weight is 518 g/mol. The van der Waals surface area contributed by atoms with E-state index < -0.39 is 11.6 Å². The number of nitrogens with zero attached hydrogens (tertiary/aromatic N) is 1. The first kappa shape index (κ1) is 28.0. The van der Waals surface area contributed by atoms with Crippen LogP contribution < -0.4 is 10.6 Å². The third-order valence-corrected chi connectivity index (χ3v) is 8.07. The standard InChI is InChI=1S/C32H43N3O3/c1-24(2)17-18-28(29(36)23-35-21-11-16-25-12-7-8-15-27(25)22-35)33-31(38)32(19-9-4-10-20-32)34-30(37)26-13-5-3-6-14-26/h3,5-8,12-15,24,28H,4,9-11,16-23H2,1-2H3,(H,33,38)(H,34,37)/t28-/m0/s1. The zero-order valence-corrected chi connectivity index (χ0v) is 23.0. The van der Waals surface area contributed by atoms with Gasteiger partial charge in [0.15, 0.2) is 5.78 Å². The summed E-state index contributed by atoms with van der Waals surface area (Å²) < 4.78 is 0. The Labute approximate surface area is 227 Å². The molecular weight excluding hydrogens is 474 g/mol. The van der Waals surface area contributed by atoms with E-state index in [0.29, 0.717) is 37.3 Å². The lowest BCUT2D eigenvalue weighted by atomic mass is 9.80. The van der Waals surface area contributed by atoms with E-state index in [-0.39, 0.29) is 17.6 Å². The summed E-state index contributed by atoms with van der Waals surface area (Å²) in [5.41, 5.74) is 2.20. The van der Waals surface area contributed by atoms with Crippen LogP contribution in [0.1, 0.15) is 86.7 Å². The van der Waals surface area contributed by atoms with Crippen molar-refractivity contribution in [3.8, 4) is 0 Å². The second-order valence-corrected chi connectivity index (χ2v) is 11.5. The van der Waals surface area contributed by atoms with Crippen LogP contribution in [0.15, 0.2) is 54.6 Å². The van der Waals surface area contributed by atoms with Crippen LogP contribution in [-0.2, 0) is 22.6 Å². The van der Waals surface area contributed by atoms with Crippen molar-refractivity contribution in [3.63, 3.8) is 0 Å². The second kappa shape index (κ2) is 13.2. The summed E-state index contributed by atoms with van der Waals surface area (Å²) in [5.74, 6) is 0.0214. The largest absolute Gasteiger partial charge is 0.344 e. The van der Waals surface area contributed by atoms with Crippen LogP contribution in [0.2, 0.25) is 0 Å². The van der Waals surface area contributed by atoms with Crippen molar-refractivity contribution in [2.24, 2.45) is 5.92 Å². The van der Waals surface area contributed by atoms with Crippen molar-refractivity contribution in [1.82, 2.24) is 15.5 Å². The van der Waals surface area contributed by atoms with Gasteiger partial charge in [0.25, 0.3) is 5.91 Å². The van der Waals surface area contributed by atoms with Gasteiger partial charge in [-0.15, -0.1) is 0 Å². The molecule has 1 aliphatic heterocycles. The third kappa shape index (κ3) is 7.31. The van der Waals surface area contributed by atoms with Gasteiger partial charge in [-0.2, -0.15) is 0 Å². The molecule has 2 aromatic carbocycles. The summed E-state index contributed by atoms with van der Waals surface area (Å²) in [6.45, 7) is 6.21. The number of hydrogen-bond donors (Lipinski definition) is 2. The Morgan fingerprint density at radius 1 is 0.868 bits per heavy atom. The van der Waals surface area contributed by atoms with Gasteiger partial charge < -0.3 is 10.6 Å². The summed E-state index contributed by atoms with van der Waals surface area (Å²) >= 11 is 0. The molecule has 2 amide bonds. The topological polar surface area (TPSA) is 78.5 Å². The maximum absolute atomic E-state index is 13.9. The summed E-state index contributed by atoms with van der Waals surface area (Å²) in [5, 5.41) is 6.22. The Morgan fingerprint density at radius 3 is 2.26 bits per heavy atom. The zero-order chi connectivity index (χ0) is 27.0. The van der Waals surface area contributed by atoms with E-state index in [9.17, 15) is 14.4 Å². The van der Waals surface area contributed by atoms with E-state index in [2.05, 4.69) is 53.6 Å². The summed E-state index contributed by atoms with van der Waals surface area (Å²) in [6.07, 6.45) is 7.47. The highest BCUT2D eigenvalue weighted by Crippen LogP contribution is 2.29. The molecule has 1 heterocycles. The van der Waals surface area contributed by atoms with Gasteiger partial charge in [-0.1, -0.05) is 75.6 Å². The van der Waals surface area contributed by atoms with Crippen molar-refractivity contribution in [2.75, 3.05) is 13.1 Å². The molecule has 2 N–H and O–H groups in total. The predicted molar refractivity (Wildman–Crippen MR) is 151 cm³/mol. The fraction of sp³-hybridized carbons (Fsp3) is 0.531. The van der Waals surface area contributed by atoms with Crippen molar-refractivity contribution in [3.05, 3.63) is 71.3 Å². The number of aryl methyl sites for hydroxylation is 1. The molecule has 1 saturated carbocycles. The quantitative estimate of drug-likeness (QED) is 0.462. The number of ketones is 1. The van der Waals surface area contributed by atoms with E-state index in [1.54, 1.807) is 12.1 Å². The summed E-state index contributed by atoms with van der Waals surface area (Å²) in [4.78, 5) is 42.8. The minimum Gasteiger partial charge on any atom is -0.344 e. The molecule has 6 nitrogen and oxygen atoms in total. The van der Waals surface area contributed by atoms with Crippen molar-refractivity contribution in [1.29, 1.82) is 0 Å². The van der Waals surface area contributed by atoms with Gasteiger partial charge in [-0.25, -0.2) is 0 Å². The molecule has 0 aromatic heterocycles. The van der Waals surface area contributed by atoms with Gasteiger partial charge in [-0.3, -0.25) is 19.3 Å². The molecule has 0 unspecified atom stereocenters. The molecular formula is C32H43N3O3. The van der Waals surface area contributed by atoms with Crippen LogP contribution in [0, 0.1) is 5.92 Å². The highest BCUT2D eigenvalue weighted by Gasteiger charge is 2.42. The lowest BCUT2D eigenvalue weighted by Crippen LogP contribution is -2.62.